The largest absolute Gasteiger partial charge is 0.235 e. The fraction of sp³-hybridized carbons (Fsp3) is 0.882. The number of hydrogen-bond donors (Lipinski definition) is 0. The van der Waals surface area contributed by atoms with E-state index < -0.39 is 0 Å². The maximum absolute atomic E-state index is 10.7. The molecule has 0 bridgehead atoms. The molecule has 0 aromatic carbocycles. The van der Waals surface area contributed by atoms with Gasteiger partial charge in [-0.15, -0.1) is 0 Å². The number of rotatable bonds is 6. The molecule has 4 nitrogen and oxygen atoms in total. The van der Waals surface area contributed by atoms with E-state index in [0.29, 0.717) is 0 Å². The molecule has 0 radical (unpaired) electrons. The van der Waals surface area contributed by atoms with Crippen molar-refractivity contribution in [2.45, 2.75) is 94.5 Å². The van der Waals surface area contributed by atoms with Crippen molar-refractivity contribution in [2.24, 2.45) is 9.98 Å². The summed E-state index contributed by atoms with van der Waals surface area (Å²) in [6.45, 7) is 0. The topological polar surface area (TPSA) is 58.9 Å². The van der Waals surface area contributed by atoms with Crippen molar-refractivity contribution in [3.63, 3.8) is 0 Å². The van der Waals surface area contributed by atoms with E-state index in [0.717, 1.165) is 70.6 Å². The molecule has 0 spiro atoms. The van der Waals surface area contributed by atoms with Crippen molar-refractivity contribution in [3.05, 3.63) is 0 Å². The highest BCUT2D eigenvalue weighted by Crippen LogP contribution is 2.39. The maximum atomic E-state index is 10.7. The minimum absolute atomic E-state index is 0.180. The van der Waals surface area contributed by atoms with Gasteiger partial charge in [-0.05, 0) is 44.9 Å². The summed E-state index contributed by atoms with van der Waals surface area (Å²) in [7, 11) is 0. The summed E-state index contributed by atoms with van der Waals surface area (Å²) in [6, 6.07) is 0. The maximum Gasteiger partial charge on any atom is 0.235 e. The van der Waals surface area contributed by atoms with Crippen molar-refractivity contribution in [2.75, 3.05) is 0 Å². The van der Waals surface area contributed by atoms with Crippen LogP contribution in [0.15, 0.2) is 9.98 Å². The molecule has 0 heterocycles. The molecule has 2 aliphatic carbocycles. The monoisotopic (exact) mass is 290 g/mol. The van der Waals surface area contributed by atoms with Crippen molar-refractivity contribution in [1.82, 2.24) is 0 Å². The second-order valence-corrected chi connectivity index (χ2v) is 6.83. The third-order valence-electron chi connectivity index (χ3n) is 5.42. The lowest BCUT2D eigenvalue weighted by Crippen LogP contribution is -2.32. The van der Waals surface area contributed by atoms with Gasteiger partial charge in [-0.3, -0.25) is 0 Å². The number of aliphatic imine (C=N–C) groups is 2. The minimum Gasteiger partial charge on any atom is -0.211 e. The van der Waals surface area contributed by atoms with Gasteiger partial charge in [-0.25, -0.2) is 9.59 Å². The molecule has 0 aromatic rings. The van der Waals surface area contributed by atoms with E-state index in [2.05, 4.69) is 9.98 Å². The summed E-state index contributed by atoms with van der Waals surface area (Å²) in [4.78, 5) is 29.8. The van der Waals surface area contributed by atoms with Crippen LogP contribution in [0, 0.1) is 0 Å². The van der Waals surface area contributed by atoms with Gasteiger partial charge in [0.1, 0.15) is 0 Å². The Hall–Kier alpha value is -1.24. The zero-order valence-electron chi connectivity index (χ0n) is 12.9. The van der Waals surface area contributed by atoms with E-state index >= 15 is 0 Å². The Bertz CT molecular complexity index is 382. The van der Waals surface area contributed by atoms with Crippen LogP contribution in [-0.2, 0) is 9.59 Å². The number of carbonyl (C=O) groups excluding carboxylic acids is 2. The van der Waals surface area contributed by atoms with Crippen molar-refractivity contribution in [1.29, 1.82) is 0 Å². The van der Waals surface area contributed by atoms with E-state index in [1.54, 1.807) is 12.2 Å². The van der Waals surface area contributed by atoms with E-state index in [1.165, 1.54) is 12.8 Å². The highest BCUT2D eigenvalue weighted by molar-refractivity contribution is 5.35. The van der Waals surface area contributed by atoms with Gasteiger partial charge < -0.3 is 0 Å². The Morgan fingerprint density at radius 3 is 1.38 bits per heavy atom. The lowest BCUT2D eigenvalue weighted by atomic mass is 9.75. The van der Waals surface area contributed by atoms with Crippen molar-refractivity contribution in [3.8, 4) is 0 Å². The molecule has 0 amide bonds. The zero-order chi connectivity index (χ0) is 15.0. The van der Waals surface area contributed by atoms with Crippen LogP contribution in [0.1, 0.15) is 83.5 Å². The lowest BCUT2D eigenvalue weighted by molar-refractivity contribution is 0.235. The van der Waals surface area contributed by atoms with Gasteiger partial charge in [0, 0.05) is 0 Å². The summed E-state index contributed by atoms with van der Waals surface area (Å²) < 4.78 is 0. The first-order valence-corrected chi connectivity index (χ1v) is 8.42. The van der Waals surface area contributed by atoms with E-state index in [-0.39, 0.29) is 11.1 Å². The van der Waals surface area contributed by atoms with Crippen molar-refractivity contribution >= 4 is 12.2 Å². The third kappa shape index (κ3) is 4.36. The summed E-state index contributed by atoms with van der Waals surface area (Å²) >= 11 is 0. The van der Waals surface area contributed by atoms with E-state index in [1.807, 2.05) is 0 Å². The first kappa shape index (κ1) is 16.1. The predicted molar refractivity (Wildman–Crippen MR) is 81.7 cm³/mol. The lowest BCUT2D eigenvalue weighted by Gasteiger charge is -2.35. The molecule has 4 heteroatoms. The van der Waals surface area contributed by atoms with Gasteiger partial charge in [0.25, 0.3) is 0 Å². The molecule has 2 saturated carbocycles. The molecule has 0 N–H and O–H groups in total. The number of hydrogen-bond acceptors (Lipinski definition) is 4. The van der Waals surface area contributed by atoms with Gasteiger partial charge in [0.05, 0.1) is 11.1 Å². The summed E-state index contributed by atoms with van der Waals surface area (Å²) in [6.07, 6.45) is 17.6. The van der Waals surface area contributed by atoms with Crippen LogP contribution in [0.2, 0.25) is 0 Å². The second-order valence-electron chi connectivity index (χ2n) is 6.83. The van der Waals surface area contributed by atoms with Gasteiger partial charge in [-0.2, -0.15) is 9.98 Å². The van der Waals surface area contributed by atoms with Gasteiger partial charge in [0.2, 0.25) is 12.2 Å². The fourth-order valence-electron chi connectivity index (χ4n) is 4.20. The summed E-state index contributed by atoms with van der Waals surface area (Å²) in [5.74, 6) is 0. The Kier molecular flexibility index (Phi) is 5.90. The molecule has 0 unspecified atom stereocenters. The van der Waals surface area contributed by atoms with Crippen LogP contribution in [0.4, 0.5) is 0 Å². The number of nitrogens with zero attached hydrogens (tertiary/aromatic N) is 2. The Labute approximate surface area is 127 Å². The molecule has 0 aliphatic heterocycles. The Morgan fingerprint density at radius 1 is 0.667 bits per heavy atom. The SMILES string of the molecule is O=C=NC1(CCCC2(N=C=O)CCCCC2)CCCCC1. The molecule has 0 saturated heterocycles. The molecule has 2 rings (SSSR count). The van der Waals surface area contributed by atoms with Crippen LogP contribution in [0.3, 0.4) is 0 Å². The van der Waals surface area contributed by atoms with Crippen molar-refractivity contribution < 1.29 is 9.59 Å². The van der Waals surface area contributed by atoms with Gasteiger partial charge >= 0.3 is 0 Å². The van der Waals surface area contributed by atoms with E-state index in [4.69, 9.17) is 0 Å². The van der Waals surface area contributed by atoms with Crippen LogP contribution in [0.25, 0.3) is 0 Å². The molecule has 0 aromatic heterocycles. The predicted octanol–water partition coefficient (Wildman–Crippen LogP) is 4.23. The Balaban J connectivity index is 1.93. The summed E-state index contributed by atoms with van der Waals surface area (Å²) in [5, 5.41) is 0. The average molecular weight is 290 g/mol. The molecule has 21 heavy (non-hydrogen) atoms. The van der Waals surface area contributed by atoms with Crippen LogP contribution in [-0.4, -0.2) is 23.2 Å². The smallest absolute Gasteiger partial charge is 0.211 e. The minimum atomic E-state index is -0.180. The Morgan fingerprint density at radius 2 is 1.05 bits per heavy atom. The first-order chi connectivity index (χ1) is 10.2. The highest BCUT2D eigenvalue weighted by Gasteiger charge is 2.35. The second kappa shape index (κ2) is 7.68. The average Bonchev–Trinajstić information content (AvgIpc) is 2.50. The first-order valence-electron chi connectivity index (χ1n) is 8.42. The summed E-state index contributed by atoms with van der Waals surface area (Å²) in [5.41, 5.74) is -0.360. The molecule has 2 aliphatic rings. The quantitative estimate of drug-likeness (QED) is 0.543. The molecule has 2 fully saturated rings. The molecule has 116 valence electrons. The zero-order valence-corrected chi connectivity index (χ0v) is 12.9. The normalized spacial score (nSPS) is 23.6. The molecular formula is C17H26N2O2. The van der Waals surface area contributed by atoms with Crippen LogP contribution >= 0.6 is 0 Å². The van der Waals surface area contributed by atoms with Crippen LogP contribution in [0.5, 0.6) is 0 Å². The third-order valence-corrected chi connectivity index (χ3v) is 5.42. The highest BCUT2D eigenvalue weighted by atomic mass is 16.1. The van der Waals surface area contributed by atoms with Gasteiger partial charge in [-0.1, -0.05) is 38.5 Å². The van der Waals surface area contributed by atoms with Gasteiger partial charge in [0.15, 0.2) is 0 Å². The van der Waals surface area contributed by atoms with E-state index in [9.17, 15) is 9.59 Å². The standard InChI is InChI=1S/C17H26N2O2/c20-14-18-16(8-3-1-4-9-16)12-7-13-17(19-15-21)10-5-2-6-11-17/h1-13H2. The molecular weight excluding hydrogens is 264 g/mol. The number of isocyanates is 2. The van der Waals surface area contributed by atoms with Crippen LogP contribution < -0.4 is 0 Å². The fourth-order valence-corrected chi connectivity index (χ4v) is 4.20. The molecule has 0 atom stereocenters.